The molecular weight excluding hydrogens is 536 g/mol. The van der Waals surface area contributed by atoms with Gasteiger partial charge in [-0.25, -0.2) is 0 Å². The third-order valence-electron chi connectivity index (χ3n) is 8.77. The highest BCUT2D eigenvalue weighted by atomic mass is 32.2. The lowest BCUT2D eigenvalue weighted by molar-refractivity contribution is -0.127. The van der Waals surface area contributed by atoms with E-state index >= 15 is 0 Å². The number of phenols is 2. The largest absolute Gasteiger partial charge is 0.504 e. The van der Waals surface area contributed by atoms with Crippen molar-refractivity contribution in [1.82, 2.24) is 5.32 Å². The molecule has 3 aromatic carbocycles. The van der Waals surface area contributed by atoms with Crippen LogP contribution < -0.4 is 19.5 Å². The van der Waals surface area contributed by atoms with Crippen molar-refractivity contribution in [3.05, 3.63) is 90.0 Å². The number of amidine groups is 1. The molecule has 6 rings (SSSR count). The summed E-state index contributed by atoms with van der Waals surface area (Å²) >= 11 is 1.59. The molecule has 3 aromatic rings. The molecule has 0 radical (unpaired) electrons. The molecule has 41 heavy (non-hydrogen) atoms. The summed E-state index contributed by atoms with van der Waals surface area (Å²) in [6.07, 6.45) is 3.66. The Balaban J connectivity index is 1.56. The van der Waals surface area contributed by atoms with Crippen molar-refractivity contribution in [3.63, 3.8) is 0 Å². The molecule has 0 amide bonds. The first-order valence-electron chi connectivity index (χ1n) is 14.0. The highest BCUT2D eigenvalue weighted by Crippen LogP contribution is 2.61. The van der Waals surface area contributed by atoms with Gasteiger partial charge in [-0.2, -0.15) is 0 Å². The Labute approximate surface area is 245 Å². The van der Waals surface area contributed by atoms with Gasteiger partial charge in [0.25, 0.3) is 0 Å². The Morgan fingerprint density at radius 3 is 2.24 bits per heavy atom. The third-order valence-corrected chi connectivity index (χ3v) is 9.66. The second-order valence-electron chi connectivity index (χ2n) is 11.2. The number of rotatable bonds is 6. The van der Waals surface area contributed by atoms with Crippen molar-refractivity contribution in [1.29, 1.82) is 0 Å². The minimum Gasteiger partial charge on any atom is -0.504 e. The van der Waals surface area contributed by atoms with Crippen LogP contribution in [-0.2, 0) is 0 Å². The third kappa shape index (κ3) is 4.68. The van der Waals surface area contributed by atoms with E-state index in [4.69, 9.17) is 19.2 Å². The van der Waals surface area contributed by atoms with Crippen LogP contribution in [0.4, 0.5) is 0 Å². The molecule has 1 aliphatic carbocycles. The number of nitrogens with one attached hydrogen (secondary N) is 1. The second-order valence-corrected chi connectivity index (χ2v) is 12.2. The maximum atomic E-state index is 11.2. The van der Waals surface area contributed by atoms with Gasteiger partial charge in [-0.05, 0) is 60.2 Å². The summed E-state index contributed by atoms with van der Waals surface area (Å²) in [4.78, 5) is 5.24. The van der Waals surface area contributed by atoms with Crippen LogP contribution in [0.15, 0.2) is 78.3 Å². The van der Waals surface area contributed by atoms with Crippen LogP contribution in [0.5, 0.6) is 28.7 Å². The molecule has 6 atom stereocenters. The van der Waals surface area contributed by atoms with Gasteiger partial charge < -0.3 is 29.7 Å². The molecule has 0 saturated heterocycles. The Hall–Kier alpha value is -3.78. The van der Waals surface area contributed by atoms with Crippen LogP contribution in [-0.4, -0.2) is 41.1 Å². The van der Waals surface area contributed by atoms with Crippen LogP contribution in [0.25, 0.3) is 0 Å². The molecule has 1 fully saturated rings. The second kappa shape index (κ2) is 10.9. The molecule has 0 unspecified atom stereocenters. The topological polar surface area (TPSA) is 92.5 Å². The van der Waals surface area contributed by atoms with Gasteiger partial charge in [0, 0.05) is 29.1 Å². The van der Waals surface area contributed by atoms with Gasteiger partial charge >= 0.3 is 0 Å². The normalized spacial score (nSPS) is 28.1. The first-order valence-corrected chi connectivity index (χ1v) is 15.0. The number of hydrogen-bond donors (Lipinski definition) is 3. The van der Waals surface area contributed by atoms with Gasteiger partial charge in [0.15, 0.2) is 22.4 Å². The lowest BCUT2D eigenvalue weighted by Gasteiger charge is -2.59. The molecule has 8 heteroatoms. The number of nitrogens with zero attached hydrogens (tertiary/aromatic N) is 1. The molecule has 2 heterocycles. The number of methoxy groups -OCH3 is 2. The Bertz CT molecular complexity index is 1460. The molecular formula is C33H36N2O5S. The van der Waals surface area contributed by atoms with Gasteiger partial charge in [0.1, 0.15) is 11.5 Å². The van der Waals surface area contributed by atoms with Crippen LogP contribution in [0.1, 0.15) is 48.4 Å². The zero-order chi connectivity index (χ0) is 28.7. The van der Waals surface area contributed by atoms with Gasteiger partial charge in [0.05, 0.1) is 20.3 Å². The van der Waals surface area contributed by atoms with Crippen LogP contribution in [0, 0.1) is 17.8 Å². The van der Waals surface area contributed by atoms with E-state index in [1.54, 1.807) is 32.0 Å². The number of phenolic OH excluding ortho intramolecular Hbond substituents is 2. The highest BCUT2D eigenvalue weighted by Gasteiger charge is 2.62. The lowest BCUT2D eigenvalue weighted by Crippen LogP contribution is -2.70. The molecule has 3 N–H and O–H groups in total. The van der Waals surface area contributed by atoms with Gasteiger partial charge in [-0.3, -0.25) is 4.99 Å². The minimum absolute atomic E-state index is 0.0108. The highest BCUT2D eigenvalue weighted by molar-refractivity contribution is 8.13. The molecule has 7 nitrogen and oxygen atoms in total. The molecule has 214 valence electrons. The fourth-order valence-electron chi connectivity index (χ4n) is 6.97. The first kappa shape index (κ1) is 27.4. The molecule has 3 aliphatic rings. The first-order chi connectivity index (χ1) is 19.9. The van der Waals surface area contributed by atoms with Crippen molar-refractivity contribution in [2.24, 2.45) is 22.7 Å². The minimum atomic E-state index is -0.884. The van der Waals surface area contributed by atoms with Crippen molar-refractivity contribution >= 4 is 16.9 Å². The average Bonchev–Trinajstić information content (AvgIpc) is 3.00. The quantitative estimate of drug-likeness (QED) is 0.226. The van der Waals surface area contributed by atoms with E-state index in [-0.39, 0.29) is 35.3 Å². The number of ether oxygens (including phenoxy) is 3. The van der Waals surface area contributed by atoms with E-state index in [9.17, 15) is 10.2 Å². The maximum Gasteiger partial charge on any atom is 0.200 e. The Morgan fingerprint density at radius 1 is 0.976 bits per heavy atom. The summed E-state index contributed by atoms with van der Waals surface area (Å²) in [5, 5.41) is 26.3. The summed E-state index contributed by atoms with van der Waals surface area (Å²) in [6.45, 7) is 6.21. The van der Waals surface area contributed by atoms with E-state index in [1.165, 1.54) is 0 Å². The lowest BCUT2D eigenvalue weighted by atomic mass is 9.58. The molecule has 0 aromatic heterocycles. The van der Waals surface area contributed by atoms with Crippen molar-refractivity contribution < 1.29 is 24.4 Å². The fraction of sp³-hybridized carbons (Fsp3) is 0.364. The number of hydrogen-bond acceptors (Lipinski definition) is 8. The molecule has 2 aliphatic heterocycles. The monoisotopic (exact) mass is 572 g/mol. The summed E-state index contributed by atoms with van der Waals surface area (Å²) in [7, 11) is 3.33. The van der Waals surface area contributed by atoms with E-state index < -0.39 is 5.72 Å². The van der Waals surface area contributed by atoms with Gasteiger partial charge in [0.2, 0.25) is 5.75 Å². The molecule has 1 saturated carbocycles. The summed E-state index contributed by atoms with van der Waals surface area (Å²) in [5.41, 5.74) is 2.16. The van der Waals surface area contributed by atoms with Crippen LogP contribution in [0.2, 0.25) is 0 Å². The number of fused-ring (bicyclic) bond motifs is 1. The summed E-state index contributed by atoms with van der Waals surface area (Å²) in [5.74, 6) is 2.41. The number of aliphatic imine (C=N–C) groups is 1. The van der Waals surface area contributed by atoms with Crippen molar-refractivity contribution in [3.8, 4) is 28.7 Å². The standard InChI is InChI=1S/C33H36N2O5S/c1-5-16-41-32-34-29(21-8-12-23(39-4)13-9-21)26-18-19(2)17-25-28(20-6-10-22(38-3)11-7-20)24-14-15-27(36)30(37)31(24)40-33(25,26)35-32/h5-15,19,25-26,28-29,36-37H,1,16-18H2,2-4H3,(H,34,35)/t19-,25-,26-,28+,29-,33+/m0/s1. The zero-order valence-corrected chi connectivity index (χ0v) is 24.4. The SMILES string of the molecule is C=CCSC1=N[C@@H](c2ccc(OC)cc2)[C@@H]2C[C@@H](C)C[C@H]3[C@H](c4ccc(OC)cc4)c4ccc(O)c(O)c4O[C@]32N1. The Morgan fingerprint density at radius 2 is 1.61 bits per heavy atom. The van der Waals surface area contributed by atoms with Crippen LogP contribution in [0.3, 0.4) is 0 Å². The number of benzene rings is 3. The number of thioether (sulfide) groups is 1. The van der Waals surface area contributed by atoms with E-state index in [2.05, 4.69) is 43.1 Å². The van der Waals surface area contributed by atoms with Gasteiger partial charge in [-0.15, -0.1) is 6.58 Å². The molecule has 0 bridgehead atoms. The van der Waals surface area contributed by atoms with Crippen molar-refractivity contribution in [2.75, 3.05) is 20.0 Å². The maximum absolute atomic E-state index is 11.2. The van der Waals surface area contributed by atoms with Crippen LogP contribution >= 0.6 is 11.8 Å². The predicted molar refractivity (Wildman–Crippen MR) is 162 cm³/mol. The Kier molecular flexibility index (Phi) is 7.28. The van der Waals surface area contributed by atoms with E-state index in [0.29, 0.717) is 17.4 Å². The van der Waals surface area contributed by atoms with E-state index in [1.807, 2.05) is 36.4 Å². The summed E-state index contributed by atoms with van der Waals surface area (Å²) in [6, 6.07) is 19.5. The van der Waals surface area contributed by atoms with E-state index in [0.717, 1.165) is 46.2 Å². The zero-order valence-electron chi connectivity index (χ0n) is 23.5. The van der Waals surface area contributed by atoms with Crippen molar-refractivity contribution in [2.45, 2.75) is 37.5 Å². The number of aromatic hydroxyl groups is 2. The predicted octanol–water partition coefficient (Wildman–Crippen LogP) is 6.62. The van der Waals surface area contributed by atoms with Gasteiger partial charge in [-0.1, -0.05) is 55.1 Å². The fourth-order valence-corrected chi connectivity index (χ4v) is 7.67. The smallest absolute Gasteiger partial charge is 0.200 e. The average molecular weight is 573 g/mol. The molecule has 1 spiro atoms. The summed E-state index contributed by atoms with van der Waals surface area (Å²) < 4.78 is 17.9.